The molecule has 5 rings (SSSR count). The lowest BCUT2D eigenvalue weighted by Crippen LogP contribution is -2.10. The van der Waals surface area contributed by atoms with Gasteiger partial charge in [0, 0.05) is 11.6 Å². The van der Waals surface area contributed by atoms with Crippen LogP contribution >= 0.6 is 0 Å². The zero-order valence-electron chi connectivity index (χ0n) is 18.3. The Morgan fingerprint density at radius 1 is 1.00 bits per heavy atom. The molecule has 0 saturated carbocycles. The number of aromatic nitrogens is 2. The number of aromatic amines is 1. The molecule has 0 saturated heterocycles. The van der Waals surface area contributed by atoms with Crippen molar-refractivity contribution in [3.8, 4) is 34.4 Å². The number of ether oxygens (including phenoxy) is 1. The van der Waals surface area contributed by atoms with Gasteiger partial charge >= 0.3 is 6.16 Å². The molecular formula is C26H22N2O5. The molecule has 0 fully saturated rings. The Hall–Kier alpha value is -4.26. The van der Waals surface area contributed by atoms with Crippen LogP contribution in [0.3, 0.4) is 0 Å². The van der Waals surface area contributed by atoms with Gasteiger partial charge in [-0.3, -0.25) is 0 Å². The van der Waals surface area contributed by atoms with Gasteiger partial charge in [-0.25, -0.2) is 9.78 Å². The Morgan fingerprint density at radius 2 is 1.73 bits per heavy atom. The summed E-state index contributed by atoms with van der Waals surface area (Å²) in [6.07, 6.45) is -1.45. The van der Waals surface area contributed by atoms with Gasteiger partial charge in [0.15, 0.2) is 11.6 Å². The van der Waals surface area contributed by atoms with E-state index >= 15 is 0 Å². The Bertz CT molecular complexity index is 1500. The normalized spacial score (nSPS) is 11.8. The monoisotopic (exact) mass is 442 g/mol. The van der Waals surface area contributed by atoms with Gasteiger partial charge in [-0.1, -0.05) is 51.1 Å². The first-order valence-electron chi connectivity index (χ1n) is 10.5. The van der Waals surface area contributed by atoms with Gasteiger partial charge in [0.25, 0.3) is 0 Å². The van der Waals surface area contributed by atoms with E-state index in [0.29, 0.717) is 33.4 Å². The van der Waals surface area contributed by atoms with Crippen LogP contribution in [0.25, 0.3) is 44.7 Å². The average Bonchev–Trinajstić information content (AvgIpc) is 3.39. The molecule has 0 aliphatic heterocycles. The van der Waals surface area contributed by atoms with Crippen LogP contribution in [0, 0.1) is 0 Å². The van der Waals surface area contributed by atoms with Crippen molar-refractivity contribution in [1.29, 1.82) is 0 Å². The van der Waals surface area contributed by atoms with Crippen molar-refractivity contribution in [2.45, 2.75) is 26.2 Å². The van der Waals surface area contributed by atoms with Crippen molar-refractivity contribution >= 4 is 28.0 Å². The molecule has 3 N–H and O–H groups in total. The van der Waals surface area contributed by atoms with Crippen LogP contribution in [0.5, 0.6) is 11.5 Å². The maximum atomic E-state index is 10.8. The van der Waals surface area contributed by atoms with Crippen LogP contribution in [-0.4, -0.2) is 26.3 Å². The fourth-order valence-electron chi connectivity index (χ4n) is 3.91. The van der Waals surface area contributed by atoms with Gasteiger partial charge in [-0.15, -0.1) is 0 Å². The molecule has 0 bridgehead atoms. The molecule has 7 heteroatoms. The zero-order valence-corrected chi connectivity index (χ0v) is 18.3. The number of nitrogens with one attached hydrogen (secondary N) is 1. The Kier molecular flexibility index (Phi) is 4.63. The molecule has 0 unspecified atom stereocenters. The highest BCUT2D eigenvalue weighted by atomic mass is 16.7. The summed E-state index contributed by atoms with van der Waals surface area (Å²) in [6.45, 7) is 6.53. The van der Waals surface area contributed by atoms with Crippen LogP contribution in [0.2, 0.25) is 0 Å². The highest BCUT2D eigenvalue weighted by Gasteiger charge is 2.17. The molecule has 0 amide bonds. The number of benzene rings is 3. The predicted octanol–water partition coefficient (Wildman–Crippen LogP) is 6.70. The number of H-pyrrole nitrogens is 1. The van der Waals surface area contributed by atoms with E-state index < -0.39 is 6.16 Å². The predicted molar refractivity (Wildman–Crippen MR) is 126 cm³/mol. The molecule has 7 nitrogen and oxygen atoms in total. The number of rotatable bonds is 3. The lowest BCUT2D eigenvalue weighted by atomic mass is 9.86. The Balaban J connectivity index is 1.53. The standard InChI is InChI=1S/C26H22N2O5/c1-26(2,3)16-7-4-14(5-8-16)20-10-11-21(33-20)24-27-18-9-6-15-12-17(32-25(30)31)13-19(29)22(15)23(18)28-24/h4-13,29H,1-3H3,(H,27,28)(H,30,31). The molecule has 0 atom stereocenters. The number of aromatic hydroxyl groups is 1. The summed E-state index contributed by atoms with van der Waals surface area (Å²) in [5, 5.41) is 20.5. The number of phenolic OH excluding ortho intramolecular Hbond substituents is 1. The summed E-state index contributed by atoms with van der Waals surface area (Å²) < 4.78 is 10.7. The molecule has 0 aliphatic rings. The van der Waals surface area contributed by atoms with Crippen molar-refractivity contribution in [3.63, 3.8) is 0 Å². The van der Waals surface area contributed by atoms with Gasteiger partial charge < -0.3 is 24.4 Å². The highest BCUT2D eigenvalue weighted by Crippen LogP contribution is 2.37. The lowest BCUT2D eigenvalue weighted by Gasteiger charge is -2.18. The zero-order chi connectivity index (χ0) is 23.3. The van der Waals surface area contributed by atoms with Crippen molar-refractivity contribution < 1.29 is 24.2 Å². The molecule has 2 heterocycles. The minimum atomic E-state index is -1.45. The number of carbonyl (C=O) groups is 1. The third-order valence-corrected chi connectivity index (χ3v) is 5.60. The Labute approximate surface area is 189 Å². The molecule has 33 heavy (non-hydrogen) atoms. The van der Waals surface area contributed by atoms with E-state index in [2.05, 4.69) is 47.6 Å². The van der Waals surface area contributed by atoms with Crippen LogP contribution < -0.4 is 4.74 Å². The second-order valence-corrected chi connectivity index (χ2v) is 8.95. The second kappa shape index (κ2) is 7.41. The third-order valence-electron chi connectivity index (χ3n) is 5.60. The van der Waals surface area contributed by atoms with Crippen LogP contribution in [0.4, 0.5) is 4.79 Å². The number of carboxylic acid groups (broad SMARTS) is 1. The van der Waals surface area contributed by atoms with E-state index in [9.17, 15) is 9.90 Å². The largest absolute Gasteiger partial charge is 0.511 e. The molecule has 166 valence electrons. The summed E-state index contributed by atoms with van der Waals surface area (Å²) in [6, 6.07) is 18.4. The number of hydrogen-bond acceptors (Lipinski definition) is 5. The molecule has 0 aliphatic carbocycles. The number of furan rings is 1. The van der Waals surface area contributed by atoms with Crippen LogP contribution in [0.15, 0.2) is 65.1 Å². The van der Waals surface area contributed by atoms with E-state index in [0.717, 1.165) is 11.3 Å². The third kappa shape index (κ3) is 3.78. The maximum absolute atomic E-state index is 10.8. The van der Waals surface area contributed by atoms with Gasteiger partial charge in [0.2, 0.25) is 0 Å². The Morgan fingerprint density at radius 3 is 2.42 bits per heavy atom. The van der Waals surface area contributed by atoms with Crippen molar-refractivity contribution in [3.05, 3.63) is 66.2 Å². The number of hydrogen-bond donors (Lipinski definition) is 3. The van der Waals surface area contributed by atoms with Crippen molar-refractivity contribution in [2.75, 3.05) is 0 Å². The summed E-state index contributed by atoms with van der Waals surface area (Å²) in [4.78, 5) is 18.7. The summed E-state index contributed by atoms with van der Waals surface area (Å²) in [5.41, 5.74) is 3.57. The smallest absolute Gasteiger partial charge is 0.507 e. The average molecular weight is 442 g/mol. The quantitative estimate of drug-likeness (QED) is 0.212. The van der Waals surface area contributed by atoms with Crippen molar-refractivity contribution in [2.24, 2.45) is 0 Å². The summed E-state index contributed by atoms with van der Waals surface area (Å²) >= 11 is 0. The van der Waals surface area contributed by atoms with E-state index in [4.69, 9.17) is 9.52 Å². The fraction of sp³-hybridized carbons (Fsp3) is 0.154. The molecule has 0 spiro atoms. The molecule has 0 radical (unpaired) electrons. The second-order valence-electron chi connectivity index (χ2n) is 8.95. The van der Waals surface area contributed by atoms with Crippen LogP contribution in [0.1, 0.15) is 26.3 Å². The lowest BCUT2D eigenvalue weighted by molar-refractivity contribution is 0.144. The maximum Gasteiger partial charge on any atom is 0.511 e. The molecule has 5 aromatic rings. The van der Waals surface area contributed by atoms with E-state index in [1.807, 2.05) is 30.3 Å². The van der Waals surface area contributed by atoms with Crippen molar-refractivity contribution in [1.82, 2.24) is 9.97 Å². The number of fused-ring (bicyclic) bond motifs is 3. The van der Waals surface area contributed by atoms with Crippen LogP contribution in [-0.2, 0) is 5.41 Å². The first-order valence-corrected chi connectivity index (χ1v) is 10.5. The number of nitrogens with zero attached hydrogens (tertiary/aromatic N) is 1. The van der Waals surface area contributed by atoms with Gasteiger partial charge in [0.1, 0.15) is 22.8 Å². The molecule has 2 aromatic heterocycles. The topological polar surface area (TPSA) is 109 Å². The number of imidazole rings is 1. The first kappa shape index (κ1) is 20.6. The van der Waals surface area contributed by atoms with Gasteiger partial charge in [-0.2, -0.15) is 0 Å². The molecular weight excluding hydrogens is 420 g/mol. The van der Waals surface area contributed by atoms with Gasteiger partial charge in [-0.05, 0) is 40.6 Å². The molecule has 3 aromatic carbocycles. The summed E-state index contributed by atoms with van der Waals surface area (Å²) in [7, 11) is 0. The highest BCUT2D eigenvalue weighted by molar-refractivity contribution is 6.08. The van der Waals surface area contributed by atoms with E-state index in [1.54, 1.807) is 12.1 Å². The van der Waals surface area contributed by atoms with E-state index in [1.165, 1.54) is 11.6 Å². The fourth-order valence-corrected chi connectivity index (χ4v) is 3.91. The minimum Gasteiger partial charge on any atom is -0.507 e. The number of phenols is 1. The summed E-state index contributed by atoms with van der Waals surface area (Å²) in [5.74, 6) is 1.75. The van der Waals surface area contributed by atoms with E-state index in [-0.39, 0.29) is 16.9 Å². The van der Waals surface area contributed by atoms with Gasteiger partial charge in [0.05, 0.1) is 10.9 Å². The first-order chi connectivity index (χ1) is 15.7. The minimum absolute atomic E-state index is 0.0377. The SMILES string of the molecule is CC(C)(C)c1ccc(-c2ccc(-c3nc4c(ccc5cc(OC(=O)O)cc(O)c54)[nH]3)o2)cc1.